The predicted molar refractivity (Wildman–Crippen MR) is 250 cm³/mol. The second-order valence-electron chi connectivity index (χ2n) is 19.2. The minimum absolute atomic E-state index is 0.0980. The molecule has 30 nitrogen and oxygen atoms in total. The number of unbranched alkanes of at least 4 members (excludes halogenated alkanes) is 5. The molecule has 16 N–H and O–H groups in total. The van der Waals surface area contributed by atoms with Gasteiger partial charge in [0, 0.05) is 32.4 Å². The number of hydrogen-bond acceptors (Lipinski definition) is 27. The van der Waals surface area contributed by atoms with E-state index in [0.717, 1.165) is 25.8 Å². The minimum atomic E-state index is -3.20. The van der Waals surface area contributed by atoms with Gasteiger partial charge in [-0.1, -0.05) is 25.7 Å². The second kappa shape index (κ2) is 29.3. The van der Waals surface area contributed by atoms with Gasteiger partial charge in [0.25, 0.3) is 5.79 Å². The molecule has 5 rings (SSSR count). The Morgan fingerprint density at radius 1 is 0.727 bits per heavy atom. The number of phenols is 2. The Kier molecular flexibility index (Phi) is 24.2. The van der Waals surface area contributed by atoms with Crippen molar-refractivity contribution in [2.45, 2.75) is 200 Å². The van der Waals surface area contributed by atoms with E-state index in [1.165, 1.54) is 26.2 Å². The number of carboxylic acids is 1. The van der Waals surface area contributed by atoms with Gasteiger partial charge in [-0.05, 0) is 37.5 Å². The number of benzene rings is 1. The maximum Gasteiger partial charge on any atom is 0.407 e. The Hall–Kier alpha value is -4.26. The lowest BCUT2D eigenvalue weighted by atomic mass is 9.88. The summed E-state index contributed by atoms with van der Waals surface area (Å²) in [4.78, 5) is 50.7. The number of amides is 2. The molecule has 4 aliphatic heterocycles. The number of methoxy groups -OCH3 is 1. The minimum Gasteiger partial charge on any atom is -0.508 e. The molecule has 0 bridgehead atoms. The van der Waals surface area contributed by atoms with Gasteiger partial charge in [0.2, 0.25) is 5.91 Å². The van der Waals surface area contributed by atoms with Crippen molar-refractivity contribution in [3.8, 4) is 11.5 Å². The molecule has 440 valence electrons. The highest BCUT2D eigenvalue weighted by Crippen LogP contribution is 2.39. The molecule has 21 atom stereocenters. The van der Waals surface area contributed by atoms with E-state index >= 15 is 0 Å². The number of aliphatic hydroxyl groups is 11. The van der Waals surface area contributed by atoms with Crippen molar-refractivity contribution in [3.63, 3.8) is 0 Å². The number of carbonyl (C=O) groups excluding carboxylic acids is 3. The molecule has 77 heavy (non-hydrogen) atoms. The summed E-state index contributed by atoms with van der Waals surface area (Å²) in [6.07, 6.45) is -33.5. The van der Waals surface area contributed by atoms with E-state index in [0.29, 0.717) is 25.7 Å². The first kappa shape index (κ1) is 63.6. The summed E-state index contributed by atoms with van der Waals surface area (Å²) in [6.45, 7) is -1.55. The van der Waals surface area contributed by atoms with Crippen molar-refractivity contribution in [2.75, 3.05) is 33.5 Å². The number of aliphatic hydroxyl groups excluding tert-OH is 11. The zero-order valence-electron chi connectivity index (χ0n) is 42.4. The van der Waals surface area contributed by atoms with Gasteiger partial charge in [0.15, 0.2) is 18.9 Å². The Bertz CT molecular complexity index is 2020. The number of carbonyl (C=O) groups is 4. The summed E-state index contributed by atoms with van der Waals surface area (Å²) >= 11 is 0. The van der Waals surface area contributed by atoms with Crippen LogP contribution in [-0.4, -0.2) is 257 Å². The van der Waals surface area contributed by atoms with Crippen molar-refractivity contribution in [1.29, 1.82) is 0 Å². The third-order valence-electron chi connectivity index (χ3n) is 13.5. The molecular weight excluding hydrogens is 1040 g/mol. The molecule has 30 heteroatoms. The monoisotopic (exact) mass is 1110 g/mol. The van der Waals surface area contributed by atoms with E-state index < -0.39 is 179 Å². The molecular formula is C47H74N2O28. The second-order valence-corrected chi connectivity index (χ2v) is 19.2. The molecule has 1 aromatic carbocycles. The summed E-state index contributed by atoms with van der Waals surface area (Å²) in [5, 5.41) is 155. The Balaban J connectivity index is 1.53. The molecule has 4 heterocycles. The maximum absolute atomic E-state index is 13.8. The number of alkyl carbamates (subject to hydrolysis) is 1. The molecule has 4 fully saturated rings. The van der Waals surface area contributed by atoms with Crippen LogP contribution < -0.4 is 10.6 Å². The first-order chi connectivity index (χ1) is 36.5. The number of carboxylic acid groups (broad SMARTS) is 1. The van der Waals surface area contributed by atoms with E-state index in [1.807, 2.05) is 0 Å². The first-order valence-electron chi connectivity index (χ1n) is 25.0. The van der Waals surface area contributed by atoms with Crippen LogP contribution in [-0.2, 0) is 68.4 Å². The number of nitrogens with one attached hydrogen (secondary N) is 2. The summed E-state index contributed by atoms with van der Waals surface area (Å²) in [5.74, 6) is -7.16. The van der Waals surface area contributed by atoms with Crippen LogP contribution in [0.2, 0.25) is 0 Å². The average molecular weight is 1120 g/mol. The van der Waals surface area contributed by atoms with E-state index in [9.17, 15) is 90.7 Å². The van der Waals surface area contributed by atoms with Crippen molar-refractivity contribution < 1.29 is 138 Å². The smallest absolute Gasteiger partial charge is 0.407 e. The Morgan fingerprint density at radius 2 is 1.34 bits per heavy atom. The van der Waals surface area contributed by atoms with Gasteiger partial charge in [0.05, 0.1) is 45.2 Å². The molecule has 0 aliphatic carbocycles. The normalized spacial score (nSPS) is 36.3. The number of hydrogen-bond donors (Lipinski definition) is 16. The number of aromatic hydroxyl groups is 2. The summed E-state index contributed by atoms with van der Waals surface area (Å²) in [5.41, 5.74) is 0.103. The number of phenolic OH excluding ortho intramolecular Hbond substituents is 2. The van der Waals surface area contributed by atoms with Gasteiger partial charge in [-0.15, -0.1) is 0 Å². The largest absolute Gasteiger partial charge is 0.508 e. The SMILES string of the molecule is COC(=O)CCCCCCCCO[C@@H]1OC(CO)[C@@H](OC2OC(C)[C@@H](O)C(O)C2O)C(OC2OC(CO)[C@H](O)C(O[C@]3(C(=O)O)CC(O)[C@@H](NC(C)=O)C(C(O)C(O)CO)O3)C2O)C1NC(=O)OCc1cc(O)cc(O)c1. The summed E-state index contributed by atoms with van der Waals surface area (Å²) < 4.78 is 58.0. The average Bonchev–Trinajstić information content (AvgIpc) is 3.41. The number of ether oxygens (including phenoxy) is 10. The van der Waals surface area contributed by atoms with Crippen LogP contribution in [0.1, 0.15) is 70.8 Å². The molecule has 15 unspecified atom stereocenters. The topological polar surface area (TPSA) is 468 Å². The third-order valence-corrected chi connectivity index (χ3v) is 13.5. The summed E-state index contributed by atoms with van der Waals surface area (Å²) in [6, 6.07) is -0.0385. The zero-order valence-corrected chi connectivity index (χ0v) is 42.4. The highest BCUT2D eigenvalue weighted by atomic mass is 16.8. The fourth-order valence-corrected chi connectivity index (χ4v) is 9.33. The van der Waals surface area contributed by atoms with Gasteiger partial charge >= 0.3 is 18.0 Å². The molecule has 4 aliphatic rings. The van der Waals surface area contributed by atoms with Crippen LogP contribution in [0.4, 0.5) is 4.79 Å². The van der Waals surface area contributed by atoms with Crippen LogP contribution in [0.3, 0.4) is 0 Å². The number of esters is 1. The standard InChI is InChI=1S/C47H74N2O28/c1-20-32(59)35(62)36(63)43(71-20)74-38-28(18-52)73-42(69-11-9-7-5-4-6-8-10-29(58)68-3)31(49-46(67)70-19-22-12-23(54)14-24(55)13-22)40(38)75-44-37(64)41(34(61)27(17-51)72-44)77-47(45(65)66)15-25(56)30(48-21(2)53)39(76-47)33(60)26(57)16-50/h12-14,20,25-28,30-44,50-52,54-57,59-64H,4-11,15-19H2,1-3H3,(H,48,53)(H,49,67)(H,65,66)/t20?,25?,26?,27?,28?,30-,31?,32-,33?,34+,35?,36?,37?,38-,39?,40?,41?,42-,43?,44?,47+/m1/s1. The number of rotatable bonds is 26. The number of aliphatic carboxylic acids is 1. The fourth-order valence-electron chi connectivity index (χ4n) is 9.33. The van der Waals surface area contributed by atoms with Gasteiger partial charge in [0.1, 0.15) is 103 Å². The molecule has 0 spiro atoms. The molecule has 4 saturated heterocycles. The van der Waals surface area contributed by atoms with Gasteiger partial charge in [-0.2, -0.15) is 0 Å². The van der Waals surface area contributed by atoms with Crippen molar-refractivity contribution >= 4 is 23.9 Å². The highest BCUT2D eigenvalue weighted by Gasteiger charge is 2.61. The van der Waals surface area contributed by atoms with Crippen LogP contribution in [0.15, 0.2) is 18.2 Å². The highest BCUT2D eigenvalue weighted by molar-refractivity contribution is 5.76. The van der Waals surface area contributed by atoms with Gasteiger partial charge < -0.3 is 129 Å². The lowest BCUT2D eigenvalue weighted by molar-refractivity contribution is -0.390. The van der Waals surface area contributed by atoms with Crippen molar-refractivity contribution in [2.24, 2.45) is 0 Å². The Labute approximate surface area is 440 Å². The molecule has 0 saturated carbocycles. The third kappa shape index (κ3) is 16.4. The Morgan fingerprint density at radius 3 is 1.95 bits per heavy atom. The lowest BCUT2D eigenvalue weighted by Crippen LogP contribution is -2.71. The van der Waals surface area contributed by atoms with Crippen LogP contribution in [0.5, 0.6) is 11.5 Å². The van der Waals surface area contributed by atoms with E-state index in [1.54, 1.807) is 0 Å². The molecule has 1 aromatic rings. The quantitative estimate of drug-likeness (QED) is 0.0305. The fraction of sp³-hybridized carbons (Fsp3) is 0.787. The first-order valence-corrected chi connectivity index (χ1v) is 25.0. The van der Waals surface area contributed by atoms with E-state index in [4.69, 9.17) is 42.6 Å². The van der Waals surface area contributed by atoms with Crippen LogP contribution in [0.25, 0.3) is 0 Å². The van der Waals surface area contributed by atoms with E-state index in [-0.39, 0.29) is 36.1 Å². The van der Waals surface area contributed by atoms with Crippen LogP contribution in [0, 0.1) is 0 Å². The summed E-state index contributed by atoms with van der Waals surface area (Å²) in [7, 11) is 1.30. The van der Waals surface area contributed by atoms with Crippen molar-refractivity contribution in [1.82, 2.24) is 10.6 Å². The predicted octanol–water partition coefficient (Wildman–Crippen LogP) is -5.10. The molecule has 0 radical (unpaired) electrons. The van der Waals surface area contributed by atoms with Crippen molar-refractivity contribution in [3.05, 3.63) is 23.8 Å². The zero-order chi connectivity index (χ0) is 56.9. The maximum atomic E-state index is 13.8. The van der Waals surface area contributed by atoms with E-state index in [2.05, 4.69) is 15.4 Å². The van der Waals surface area contributed by atoms with Crippen LogP contribution >= 0.6 is 0 Å². The molecule has 2 amide bonds. The lowest BCUT2D eigenvalue weighted by Gasteiger charge is -2.51. The molecule has 0 aromatic heterocycles. The van der Waals surface area contributed by atoms with Gasteiger partial charge in [-0.3, -0.25) is 9.59 Å². The van der Waals surface area contributed by atoms with Gasteiger partial charge in [-0.25, -0.2) is 9.59 Å².